The number of halogens is 1. The van der Waals surface area contributed by atoms with Gasteiger partial charge in [-0.1, -0.05) is 11.3 Å². The van der Waals surface area contributed by atoms with Crippen molar-refractivity contribution >= 4 is 57.1 Å². The molecule has 0 spiro atoms. The molecular formula is C23H29ClN8O3S. The number of nitrogens with zero attached hydrogens (tertiary/aromatic N) is 6. The highest BCUT2D eigenvalue weighted by molar-refractivity contribution is 7.15. The smallest absolute Gasteiger partial charge is 0.410 e. The molecule has 0 atom stereocenters. The fourth-order valence-electron chi connectivity index (χ4n) is 4.73. The Morgan fingerprint density at radius 1 is 1.19 bits per heavy atom. The first kappa shape index (κ1) is 24.7. The van der Waals surface area contributed by atoms with Crippen LogP contribution in [0.3, 0.4) is 0 Å². The van der Waals surface area contributed by atoms with Crippen molar-refractivity contribution in [3.63, 3.8) is 0 Å². The summed E-state index contributed by atoms with van der Waals surface area (Å²) in [6.45, 7) is 6.55. The molecule has 1 saturated carbocycles. The summed E-state index contributed by atoms with van der Waals surface area (Å²) in [4.78, 5) is 45.3. The molecule has 1 aliphatic carbocycles. The molecule has 13 heteroatoms. The fourth-order valence-corrected chi connectivity index (χ4v) is 5.93. The number of nitrogens with one attached hydrogen (secondary N) is 1. The predicted octanol–water partition coefficient (Wildman–Crippen LogP) is 4.18. The van der Waals surface area contributed by atoms with Crippen LogP contribution in [-0.2, 0) is 22.5 Å². The number of rotatable bonds is 3. The van der Waals surface area contributed by atoms with Gasteiger partial charge in [0.25, 0.3) is 0 Å². The Labute approximate surface area is 217 Å². The number of anilines is 2. The summed E-state index contributed by atoms with van der Waals surface area (Å²) >= 11 is 7.42. The van der Waals surface area contributed by atoms with Crippen LogP contribution >= 0.6 is 22.9 Å². The molecule has 0 saturated heterocycles. The summed E-state index contributed by atoms with van der Waals surface area (Å²) < 4.78 is 7.47. The largest absolute Gasteiger partial charge is 0.444 e. The van der Waals surface area contributed by atoms with Crippen molar-refractivity contribution in [1.29, 1.82) is 0 Å². The van der Waals surface area contributed by atoms with Gasteiger partial charge in [0.2, 0.25) is 11.2 Å². The van der Waals surface area contributed by atoms with E-state index in [1.54, 1.807) is 11.2 Å². The first-order valence-electron chi connectivity index (χ1n) is 12.0. The minimum absolute atomic E-state index is 0.0198. The van der Waals surface area contributed by atoms with E-state index in [1.807, 2.05) is 25.3 Å². The van der Waals surface area contributed by atoms with Gasteiger partial charge in [0.15, 0.2) is 16.6 Å². The minimum atomic E-state index is -0.539. The molecule has 11 nitrogen and oxygen atoms in total. The monoisotopic (exact) mass is 532 g/mol. The number of thiazole rings is 1. The molecule has 0 unspecified atom stereocenters. The zero-order valence-electron chi connectivity index (χ0n) is 20.5. The number of carbonyl (C=O) groups is 2. The summed E-state index contributed by atoms with van der Waals surface area (Å²) in [5, 5.41) is 3.68. The Hall–Kier alpha value is -2.99. The molecule has 2 amide bonds. The number of imidazole rings is 1. The topological polar surface area (TPSA) is 141 Å². The molecule has 0 radical (unpaired) electrons. The molecule has 1 aliphatic heterocycles. The van der Waals surface area contributed by atoms with Gasteiger partial charge < -0.3 is 25.3 Å². The second kappa shape index (κ2) is 9.47. The molecule has 5 rings (SSSR count). The lowest BCUT2D eigenvalue weighted by atomic mass is 9.85. The van der Waals surface area contributed by atoms with Gasteiger partial charge in [0, 0.05) is 29.8 Å². The third-order valence-electron chi connectivity index (χ3n) is 6.50. The van der Waals surface area contributed by atoms with Gasteiger partial charge in [-0.2, -0.15) is 9.97 Å². The maximum Gasteiger partial charge on any atom is 0.410 e. The van der Waals surface area contributed by atoms with Crippen LogP contribution in [0.15, 0.2) is 6.33 Å². The van der Waals surface area contributed by atoms with Crippen molar-refractivity contribution in [3.05, 3.63) is 22.2 Å². The van der Waals surface area contributed by atoms with Gasteiger partial charge in [0.1, 0.15) is 11.1 Å². The van der Waals surface area contributed by atoms with Gasteiger partial charge in [-0.3, -0.25) is 4.79 Å². The number of nitrogens with two attached hydrogens (primary N) is 1. The molecule has 36 heavy (non-hydrogen) atoms. The number of hydrogen-bond acceptors (Lipinski definition) is 9. The van der Waals surface area contributed by atoms with Crippen molar-refractivity contribution in [3.8, 4) is 0 Å². The van der Waals surface area contributed by atoms with E-state index in [4.69, 9.17) is 22.1 Å². The molecule has 2 aliphatic rings. The Morgan fingerprint density at radius 2 is 1.94 bits per heavy atom. The SMILES string of the molecule is CC(C)(C)OC(=O)N1CCc2nc(NC(=O)C3CCC(n4cnc5c(N)nc(Cl)nc54)CC3)sc2C1. The molecule has 3 aromatic heterocycles. The number of carbonyl (C=O) groups excluding carboxylic acids is 2. The number of amides is 2. The quantitative estimate of drug-likeness (QED) is 0.478. The highest BCUT2D eigenvalue weighted by Crippen LogP contribution is 2.36. The second-order valence-corrected chi connectivity index (χ2v) is 11.7. The summed E-state index contributed by atoms with van der Waals surface area (Å²) in [7, 11) is 0. The zero-order valence-corrected chi connectivity index (χ0v) is 22.0. The normalized spacial score (nSPS) is 20.3. The molecular weight excluding hydrogens is 504 g/mol. The molecule has 3 N–H and O–H groups in total. The van der Waals surface area contributed by atoms with Crippen LogP contribution in [0.4, 0.5) is 15.7 Å². The summed E-state index contributed by atoms with van der Waals surface area (Å²) in [5.41, 5.74) is 7.48. The van der Waals surface area contributed by atoms with Gasteiger partial charge in [-0.15, -0.1) is 0 Å². The van der Waals surface area contributed by atoms with Crippen LogP contribution in [-0.4, -0.2) is 53.5 Å². The number of fused-ring (bicyclic) bond motifs is 2. The van der Waals surface area contributed by atoms with Crippen molar-refractivity contribution < 1.29 is 14.3 Å². The third kappa shape index (κ3) is 5.10. The van der Waals surface area contributed by atoms with E-state index < -0.39 is 5.60 Å². The average molecular weight is 533 g/mol. The van der Waals surface area contributed by atoms with Crippen LogP contribution in [0, 0.1) is 5.92 Å². The zero-order chi connectivity index (χ0) is 25.6. The van der Waals surface area contributed by atoms with Gasteiger partial charge >= 0.3 is 6.09 Å². The highest BCUT2D eigenvalue weighted by Gasteiger charge is 2.31. The Balaban J connectivity index is 1.18. The maximum absolute atomic E-state index is 13.0. The van der Waals surface area contributed by atoms with Crippen LogP contribution in [0.5, 0.6) is 0 Å². The van der Waals surface area contributed by atoms with E-state index in [1.165, 1.54) is 11.3 Å². The van der Waals surface area contributed by atoms with Crippen LogP contribution in [0.2, 0.25) is 5.28 Å². The summed E-state index contributed by atoms with van der Waals surface area (Å²) in [6.07, 6.45) is 5.13. The van der Waals surface area contributed by atoms with E-state index in [2.05, 4.69) is 25.3 Å². The number of nitrogen functional groups attached to an aromatic ring is 1. The predicted molar refractivity (Wildman–Crippen MR) is 137 cm³/mol. The second-order valence-electron chi connectivity index (χ2n) is 10.2. The van der Waals surface area contributed by atoms with Gasteiger partial charge in [0.05, 0.1) is 18.6 Å². The number of ether oxygens (including phenoxy) is 1. The van der Waals surface area contributed by atoms with Crippen molar-refractivity contribution in [2.24, 2.45) is 5.92 Å². The molecule has 0 aromatic carbocycles. The summed E-state index contributed by atoms with van der Waals surface area (Å²) in [5.74, 6) is 0.143. The lowest BCUT2D eigenvalue weighted by molar-refractivity contribution is -0.121. The van der Waals surface area contributed by atoms with E-state index in [9.17, 15) is 9.59 Å². The summed E-state index contributed by atoms with van der Waals surface area (Å²) in [6, 6.07) is 0.162. The van der Waals surface area contributed by atoms with Crippen LogP contribution < -0.4 is 11.1 Å². The minimum Gasteiger partial charge on any atom is -0.444 e. The molecule has 192 valence electrons. The van der Waals surface area contributed by atoms with Gasteiger partial charge in [-0.05, 0) is 58.1 Å². The van der Waals surface area contributed by atoms with Gasteiger partial charge in [-0.25, -0.2) is 14.8 Å². The van der Waals surface area contributed by atoms with Crippen molar-refractivity contribution in [1.82, 2.24) is 29.4 Å². The Morgan fingerprint density at radius 3 is 2.67 bits per heavy atom. The number of aromatic nitrogens is 5. The average Bonchev–Trinajstić information content (AvgIpc) is 3.41. The Kier molecular flexibility index (Phi) is 6.50. The lowest BCUT2D eigenvalue weighted by Crippen LogP contribution is -2.39. The van der Waals surface area contributed by atoms with Crippen LogP contribution in [0.25, 0.3) is 11.2 Å². The van der Waals surface area contributed by atoms with Crippen molar-refractivity contribution in [2.75, 3.05) is 17.6 Å². The van der Waals surface area contributed by atoms with Crippen molar-refractivity contribution in [2.45, 2.75) is 71.1 Å². The van der Waals surface area contributed by atoms with E-state index >= 15 is 0 Å². The first-order valence-corrected chi connectivity index (χ1v) is 13.2. The lowest BCUT2D eigenvalue weighted by Gasteiger charge is -2.29. The molecule has 0 bridgehead atoms. The molecule has 3 aromatic rings. The first-order chi connectivity index (χ1) is 17.1. The third-order valence-corrected chi connectivity index (χ3v) is 7.66. The van der Waals surface area contributed by atoms with E-state index in [0.717, 1.165) is 36.3 Å². The Bertz CT molecular complexity index is 1310. The van der Waals surface area contributed by atoms with E-state index in [0.29, 0.717) is 35.8 Å². The molecule has 4 heterocycles. The maximum atomic E-state index is 13.0. The number of hydrogen-bond donors (Lipinski definition) is 2. The fraction of sp³-hybridized carbons (Fsp3) is 0.565. The van der Waals surface area contributed by atoms with E-state index in [-0.39, 0.29) is 35.1 Å². The molecule has 1 fully saturated rings. The standard InChI is InChI=1S/C23H29ClN8O3S/c1-23(2,3)35-22(34)31-9-8-14-15(10-31)36-21(27-14)30-19(33)12-4-6-13(7-5-12)32-11-26-16-17(25)28-20(24)29-18(16)32/h11-13H,4-10H2,1-3H3,(H2,25,28,29)(H,27,30,33). The van der Waals surface area contributed by atoms with Crippen LogP contribution in [0.1, 0.15) is 63.1 Å². The highest BCUT2D eigenvalue weighted by atomic mass is 35.5.